The van der Waals surface area contributed by atoms with Crippen molar-refractivity contribution < 1.29 is 25.8 Å². The summed E-state index contributed by atoms with van der Waals surface area (Å²) in [6, 6.07) is 26.3. The normalized spacial score (nSPS) is 13.0. The van der Waals surface area contributed by atoms with Gasteiger partial charge in [0.15, 0.2) is 11.6 Å². The second-order valence-corrected chi connectivity index (χ2v) is 9.90. The lowest BCUT2D eigenvalue weighted by molar-refractivity contribution is -0.0499. The van der Waals surface area contributed by atoms with E-state index in [2.05, 4.69) is 19.7 Å². The monoisotopic (exact) mass is 523 g/mol. The van der Waals surface area contributed by atoms with E-state index in [1.165, 1.54) is 12.1 Å². The summed E-state index contributed by atoms with van der Waals surface area (Å²) in [5.74, 6) is -0.0184. The molecule has 0 aliphatic carbocycles. The van der Waals surface area contributed by atoms with Crippen molar-refractivity contribution >= 4 is 37.5 Å². The molecule has 1 atom stereocenters. The Balaban J connectivity index is 1.70. The largest absolute Gasteiger partial charge is 0.534 e. The van der Waals surface area contributed by atoms with Crippen LogP contribution in [0.2, 0.25) is 0 Å². The predicted octanol–water partition coefficient (Wildman–Crippen LogP) is 6.85. The Morgan fingerprint density at radius 1 is 0.784 bits per heavy atom. The van der Waals surface area contributed by atoms with E-state index in [4.69, 9.17) is 0 Å². The van der Waals surface area contributed by atoms with Crippen molar-refractivity contribution in [1.29, 1.82) is 0 Å². The fourth-order valence-electron chi connectivity index (χ4n) is 4.16. The number of anilines is 1. The van der Waals surface area contributed by atoms with Crippen molar-refractivity contribution in [3.05, 3.63) is 96.6 Å². The van der Waals surface area contributed by atoms with E-state index in [1.807, 2.05) is 43.3 Å². The maximum atomic E-state index is 13.2. The van der Waals surface area contributed by atoms with E-state index in [0.717, 1.165) is 5.56 Å². The summed E-state index contributed by atoms with van der Waals surface area (Å²) in [4.78, 5) is 0. The predicted molar refractivity (Wildman–Crippen MR) is 137 cm³/mol. The van der Waals surface area contributed by atoms with Crippen molar-refractivity contribution in [2.24, 2.45) is 0 Å². The molecule has 0 saturated carbocycles. The SMILES string of the molecule is CC(Nc1nnc(-c2c(OS(=O)(=O)C(F)(F)F)ccc3ccccc23)c2ccccc12)c1ccccc1. The zero-order valence-electron chi connectivity index (χ0n) is 19.4. The van der Waals surface area contributed by atoms with Crippen LogP contribution in [0, 0.1) is 0 Å². The van der Waals surface area contributed by atoms with E-state index >= 15 is 0 Å². The average Bonchev–Trinajstić information content (AvgIpc) is 2.89. The smallest absolute Gasteiger partial charge is 0.375 e. The van der Waals surface area contributed by atoms with E-state index < -0.39 is 21.4 Å². The topological polar surface area (TPSA) is 81.2 Å². The summed E-state index contributed by atoms with van der Waals surface area (Å²) in [6.07, 6.45) is 0. The lowest BCUT2D eigenvalue weighted by Crippen LogP contribution is -2.28. The molecule has 0 radical (unpaired) electrons. The minimum absolute atomic E-state index is 0.0947. The number of halogens is 3. The standard InChI is InChI=1S/C27H20F3N3O3S/c1-17(18-9-3-2-4-10-18)31-26-22-14-8-7-13-21(22)25(32-33-26)24-20-12-6-5-11-19(20)15-16-23(24)36-37(34,35)27(28,29)30/h2-17H,1H3,(H,31,33). The van der Waals surface area contributed by atoms with Crippen LogP contribution in [-0.4, -0.2) is 24.1 Å². The molecule has 10 heteroatoms. The lowest BCUT2D eigenvalue weighted by Gasteiger charge is -2.18. The minimum Gasteiger partial charge on any atom is -0.375 e. The fraction of sp³-hybridized carbons (Fsp3) is 0.111. The summed E-state index contributed by atoms with van der Waals surface area (Å²) < 4.78 is 68.0. The molecule has 0 bridgehead atoms. The van der Waals surface area contributed by atoms with Gasteiger partial charge >= 0.3 is 15.6 Å². The molecule has 188 valence electrons. The molecule has 4 aromatic carbocycles. The molecule has 1 aromatic heterocycles. The first-order valence-corrected chi connectivity index (χ1v) is 12.7. The van der Waals surface area contributed by atoms with Crippen LogP contribution in [-0.2, 0) is 10.1 Å². The van der Waals surface area contributed by atoms with Crippen molar-refractivity contribution in [1.82, 2.24) is 10.2 Å². The van der Waals surface area contributed by atoms with Gasteiger partial charge < -0.3 is 9.50 Å². The first kappa shape index (κ1) is 24.5. The molecule has 0 aliphatic heterocycles. The summed E-state index contributed by atoms with van der Waals surface area (Å²) in [5.41, 5.74) is -4.28. The van der Waals surface area contributed by atoms with E-state index in [9.17, 15) is 21.6 Å². The van der Waals surface area contributed by atoms with Gasteiger partial charge in [-0.15, -0.1) is 10.2 Å². The molecular formula is C27H20F3N3O3S. The summed E-state index contributed by atoms with van der Waals surface area (Å²) in [5, 5.41) is 14.4. The lowest BCUT2D eigenvalue weighted by atomic mass is 9.97. The number of rotatable bonds is 6. The molecule has 37 heavy (non-hydrogen) atoms. The average molecular weight is 524 g/mol. The van der Waals surface area contributed by atoms with E-state index in [-0.39, 0.29) is 17.3 Å². The maximum Gasteiger partial charge on any atom is 0.534 e. The summed E-state index contributed by atoms with van der Waals surface area (Å²) in [6.45, 7) is 1.97. The van der Waals surface area contributed by atoms with Gasteiger partial charge in [-0.2, -0.15) is 21.6 Å². The highest BCUT2D eigenvalue weighted by Crippen LogP contribution is 2.42. The fourth-order valence-corrected chi connectivity index (χ4v) is 4.63. The number of benzene rings is 4. The number of fused-ring (bicyclic) bond motifs is 2. The molecule has 0 fully saturated rings. The summed E-state index contributed by atoms with van der Waals surface area (Å²) >= 11 is 0. The van der Waals surface area contributed by atoms with Gasteiger partial charge in [0.05, 0.1) is 11.6 Å². The molecule has 5 aromatic rings. The Morgan fingerprint density at radius 2 is 1.41 bits per heavy atom. The molecule has 0 spiro atoms. The van der Waals surface area contributed by atoms with Crippen molar-refractivity contribution in [3.8, 4) is 17.0 Å². The van der Waals surface area contributed by atoms with Gasteiger partial charge in [-0.3, -0.25) is 0 Å². The Hall–Kier alpha value is -4.18. The summed E-state index contributed by atoms with van der Waals surface area (Å²) in [7, 11) is -5.92. The first-order chi connectivity index (χ1) is 17.7. The molecule has 1 N–H and O–H groups in total. The molecular weight excluding hydrogens is 503 g/mol. The quantitative estimate of drug-likeness (QED) is 0.194. The molecule has 1 heterocycles. The highest BCUT2D eigenvalue weighted by atomic mass is 32.2. The highest BCUT2D eigenvalue weighted by molar-refractivity contribution is 7.88. The van der Waals surface area contributed by atoms with Gasteiger partial charge in [0.1, 0.15) is 5.69 Å². The van der Waals surface area contributed by atoms with Gasteiger partial charge in [-0.05, 0) is 29.3 Å². The van der Waals surface area contributed by atoms with Gasteiger partial charge in [0.25, 0.3) is 0 Å². The zero-order chi connectivity index (χ0) is 26.2. The number of aromatic nitrogens is 2. The maximum absolute atomic E-state index is 13.2. The molecule has 6 nitrogen and oxygen atoms in total. The van der Waals surface area contributed by atoms with Crippen LogP contribution < -0.4 is 9.50 Å². The third-order valence-corrected chi connectivity index (χ3v) is 6.92. The zero-order valence-corrected chi connectivity index (χ0v) is 20.2. The van der Waals surface area contributed by atoms with Crippen LogP contribution in [0.1, 0.15) is 18.5 Å². The third-order valence-electron chi connectivity index (χ3n) is 5.95. The molecule has 5 rings (SSSR count). The molecule has 1 unspecified atom stereocenters. The Kier molecular flexibility index (Phi) is 6.20. The number of nitrogens with one attached hydrogen (secondary N) is 1. The highest BCUT2D eigenvalue weighted by Gasteiger charge is 2.49. The number of hydrogen-bond donors (Lipinski definition) is 1. The Bertz CT molecular complexity index is 1710. The number of nitrogens with zero attached hydrogens (tertiary/aromatic N) is 2. The van der Waals surface area contributed by atoms with Crippen molar-refractivity contribution in [3.63, 3.8) is 0 Å². The van der Waals surface area contributed by atoms with Crippen LogP contribution in [0.15, 0.2) is 91.0 Å². The Morgan fingerprint density at radius 3 is 2.11 bits per heavy atom. The molecule has 0 amide bonds. The van der Waals surface area contributed by atoms with Crippen molar-refractivity contribution in [2.45, 2.75) is 18.5 Å². The number of hydrogen-bond acceptors (Lipinski definition) is 6. The molecule has 0 aliphatic rings. The van der Waals surface area contributed by atoms with Crippen LogP contribution in [0.5, 0.6) is 5.75 Å². The number of alkyl halides is 3. The van der Waals surface area contributed by atoms with Gasteiger partial charge in [0, 0.05) is 10.8 Å². The molecule has 0 saturated heterocycles. The van der Waals surface area contributed by atoms with Gasteiger partial charge in [0.2, 0.25) is 0 Å². The third kappa shape index (κ3) is 4.67. The van der Waals surface area contributed by atoms with Crippen molar-refractivity contribution in [2.75, 3.05) is 5.32 Å². The van der Waals surface area contributed by atoms with Crippen LogP contribution in [0.4, 0.5) is 19.0 Å². The van der Waals surface area contributed by atoms with Crippen LogP contribution >= 0.6 is 0 Å². The van der Waals surface area contributed by atoms with E-state index in [0.29, 0.717) is 27.4 Å². The van der Waals surface area contributed by atoms with Crippen LogP contribution in [0.25, 0.3) is 32.8 Å². The van der Waals surface area contributed by atoms with Gasteiger partial charge in [-0.1, -0.05) is 84.9 Å². The second kappa shape index (κ2) is 9.36. The van der Waals surface area contributed by atoms with E-state index in [1.54, 1.807) is 42.5 Å². The second-order valence-electron chi connectivity index (χ2n) is 8.36. The van der Waals surface area contributed by atoms with Gasteiger partial charge in [-0.25, -0.2) is 0 Å². The Labute approximate surface area is 210 Å². The minimum atomic E-state index is -5.92. The first-order valence-electron chi connectivity index (χ1n) is 11.3. The van der Waals surface area contributed by atoms with Crippen LogP contribution in [0.3, 0.4) is 0 Å².